The molecule has 1 heterocycles. The third-order valence-corrected chi connectivity index (χ3v) is 3.77. The van der Waals surface area contributed by atoms with Gasteiger partial charge in [0.15, 0.2) is 0 Å². The number of aliphatic carboxylic acids is 1. The number of carboxylic acids is 1. The molecule has 0 spiro atoms. The summed E-state index contributed by atoms with van der Waals surface area (Å²) < 4.78 is 0. The highest BCUT2D eigenvalue weighted by Crippen LogP contribution is 2.51. The molecule has 1 fully saturated rings. The van der Waals surface area contributed by atoms with Crippen molar-refractivity contribution in [2.45, 2.75) is 38.3 Å². The number of allylic oxidation sites excluding steroid dienone is 1. The summed E-state index contributed by atoms with van der Waals surface area (Å²) in [5.41, 5.74) is 6.88. The minimum absolute atomic E-state index is 0.0960. The first-order valence-electron chi connectivity index (χ1n) is 5.64. The fourth-order valence-electron chi connectivity index (χ4n) is 2.58. The summed E-state index contributed by atoms with van der Waals surface area (Å²) in [7, 11) is 0. The number of nitrogens with zero attached hydrogens (tertiary/aromatic N) is 1. The molecule has 0 aromatic carbocycles. The Balaban J connectivity index is 2.06. The summed E-state index contributed by atoms with van der Waals surface area (Å²) in [6.45, 7) is 4.01. The average Bonchev–Trinajstić information content (AvgIpc) is 2.91. The van der Waals surface area contributed by atoms with E-state index >= 15 is 0 Å². The normalized spacial score (nSPS) is 41.7. The molecule has 0 aromatic heterocycles. The Bertz CT molecular complexity index is 375. The molecule has 4 nitrogen and oxygen atoms in total. The van der Waals surface area contributed by atoms with Crippen LogP contribution >= 0.6 is 0 Å². The summed E-state index contributed by atoms with van der Waals surface area (Å²) in [4.78, 5) is 15.2. The molecule has 4 heteroatoms. The maximum absolute atomic E-state index is 10.6. The number of aliphatic imine (C=N–C) groups is 1. The molecule has 16 heavy (non-hydrogen) atoms. The molecule has 4 atom stereocenters. The van der Waals surface area contributed by atoms with E-state index in [0.29, 0.717) is 5.92 Å². The molecule has 0 bridgehead atoms. The quantitative estimate of drug-likeness (QED) is 0.753. The van der Waals surface area contributed by atoms with Crippen molar-refractivity contribution in [3.05, 3.63) is 11.6 Å². The second-order valence-corrected chi connectivity index (χ2v) is 5.12. The van der Waals surface area contributed by atoms with E-state index in [9.17, 15) is 4.79 Å². The molecule has 1 saturated carbocycles. The Hall–Kier alpha value is -1.16. The van der Waals surface area contributed by atoms with Crippen LogP contribution in [0, 0.1) is 11.8 Å². The van der Waals surface area contributed by atoms with Crippen LogP contribution in [0.2, 0.25) is 0 Å². The summed E-state index contributed by atoms with van der Waals surface area (Å²) >= 11 is 0. The molecular weight excluding hydrogens is 204 g/mol. The van der Waals surface area contributed by atoms with Crippen molar-refractivity contribution in [1.82, 2.24) is 0 Å². The van der Waals surface area contributed by atoms with Crippen molar-refractivity contribution in [1.29, 1.82) is 0 Å². The highest BCUT2D eigenvalue weighted by molar-refractivity contribution is 5.79. The lowest BCUT2D eigenvalue weighted by molar-refractivity contribution is -0.137. The number of hydrogen-bond acceptors (Lipinski definition) is 3. The molecule has 3 N–H and O–H groups in total. The van der Waals surface area contributed by atoms with Crippen LogP contribution in [0.5, 0.6) is 0 Å². The Morgan fingerprint density at radius 2 is 2.44 bits per heavy atom. The molecule has 0 saturated heterocycles. The lowest BCUT2D eigenvalue weighted by Gasteiger charge is -2.33. The molecule has 88 valence electrons. The predicted octanol–water partition coefficient (Wildman–Crippen LogP) is 1.21. The van der Waals surface area contributed by atoms with Crippen molar-refractivity contribution >= 4 is 12.2 Å². The van der Waals surface area contributed by atoms with Crippen LogP contribution < -0.4 is 5.73 Å². The van der Waals surface area contributed by atoms with E-state index in [0.717, 1.165) is 12.0 Å². The van der Waals surface area contributed by atoms with E-state index in [1.54, 1.807) is 0 Å². The third kappa shape index (κ3) is 1.89. The molecule has 4 unspecified atom stereocenters. The smallest absolute Gasteiger partial charge is 0.303 e. The highest BCUT2D eigenvalue weighted by atomic mass is 16.4. The summed E-state index contributed by atoms with van der Waals surface area (Å²) in [6.07, 6.45) is 5.04. The van der Waals surface area contributed by atoms with Gasteiger partial charge in [0.2, 0.25) is 0 Å². The zero-order chi connectivity index (χ0) is 11.9. The molecule has 2 aliphatic rings. The number of nitrogens with two attached hydrogens (primary N) is 1. The largest absolute Gasteiger partial charge is 0.481 e. The SMILES string of the molecule is CC1=CC(N)C(C)(C2CC2CC(=O)O)N=C1. The van der Waals surface area contributed by atoms with Crippen molar-refractivity contribution in [2.75, 3.05) is 0 Å². The van der Waals surface area contributed by atoms with Crippen LogP contribution in [-0.4, -0.2) is 28.9 Å². The van der Waals surface area contributed by atoms with Gasteiger partial charge >= 0.3 is 5.97 Å². The number of carbonyl (C=O) groups is 1. The van der Waals surface area contributed by atoms with Gasteiger partial charge in [-0.1, -0.05) is 6.08 Å². The van der Waals surface area contributed by atoms with Crippen molar-refractivity contribution in [2.24, 2.45) is 22.6 Å². The van der Waals surface area contributed by atoms with E-state index in [-0.39, 0.29) is 23.9 Å². The highest BCUT2D eigenvalue weighted by Gasteiger charge is 2.53. The first kappa shape index (κ1) is 11.3. The number of dihydropyridines is 1. The van der Waals surface area contributed by atoms with Gasteiger partial charge in [-0.3, -0.25) is 9.79 Å². The minimum Gasteiger partial charge on any atom is -0.481 e. The van der Waals surface area contributed by atoms with E-state index in [1.165, 1.54) is 0 Å². The molecule has 1 aliphatic carbocycles. The lowest BCUT2D eigenvalue weighted by Crippen LogP contribution is -2.47. The number of hydrogen-bond donors (Lipinski definition) is 2. The molecule has 1 aliphatic heterocycles. The summed E-state index contributed by atoms with van der Waals surface area (Å²) in [5.74, 6) is -0.159. The topological polar surface area (TPSA) is 75.7 Å². The van der Waals surface area contributed by atoms with Gasteiger partial charge in [-0.2, -0.15) is 0 Å². The Morgan fingerprint density at radius 3 is 3.00 bits per heavy atom. The first-order chi connectivity index (χ1) is 7.43. The van der Waals surface area contributed by atoms with E-state index < -0.39 is 5.97 Å². The second kappa shape index (κ2) is 3.70. The van der Waals surface area contributed by atoms with Gasteiger partial charge in [-0.05, 0) is 37.7 Å². The first-order valence-corrected chi connectivity index (χ1v) is 5.64. The molecule has 0 amide bonds. The van der Waals surface area contributed by atoms with E-state index in [2.05, 4.69) is 4.99 Å². The van der Waals surface area contributed by atoms with Gasteiger partial charge in [0, 0.05) is 18.7 Å². The molecular formula is C12H18N2O2. The zero-order valence-electron chi connectivity index (χ0n) is 9.68. The Kier molecular flexibility index (Phi) is 2.62. The van der Waals surface area contributed by atoms with Gasteiger partial charge in [0.25, 0.3) is 0 Å². The molecule has 0 aromatic rings. The van der Waals surface area contributed by atoms with Crippen molar-refractivity contribution < 1.29 is 9.90 Å². The Morgan fingerprint density at radius 1 is 1.75 bits per heavy atom. The van der Waals surface area contributed by atoms with Crippen LogP contribution in [-0.2, 0) is 4.79 Å². The monoisotopic (exact) mass is 222 g/mol. The van der Waals surface area contributed by atoms with Crippen LogP contribution in [0.15, 0.2) is 16.6 Å². The van der Waals surface area contributed by atoms with E-state index in [4.69, 9.17) is 10.8 Å². The number of carboxylic acid groups (broad SMARTS) is 1. The van der Waals surface area contributed by atoms with Crippen molar-refractivity contribution in [3.63, 3.8) is 0 Å². The summed E-state index contributed by atoms with van der Waals surface area (Å²) in [6, 6.07) is -0.0960. The van der Waals surface area contributed by atoms with E-state index in [1.807, 2.05) is 26.1 Å². The molecule has 2 rings (SSSR count). The van der Waals surface area contributed by atoms with Gasteiger partial charge in [0.05, 0.1) is 5.54 Å². The van der Waals surface area contributed by atoms with Gasteiger partial charge in [-0.25, -0.2) is 0 Å². The maximum Gasteiger partial charge on any atom is 0.303 e. The van der Waals surface area contributed by atoms with Crippen LogP contribution in [0.4, 0.5) is 0 Å². The molecule has 0 radical (unpaired) electrons. The van der Waals surface area contributed by atoms with Gasteiger partial charge in [0.1, 0.15) is 0 Å². The fraction of sp³-hybridized carbons (Fsp3) is 0.667. The van der Waals surface area contributed by atoms with Crippen LogP contribution in [0.25, 0.3) is 0 Å². The Labute approximate surface area is 95.2 Å². The maximum atomic E-state index is 10.6. The second-order valence-electron chi connectivity index (χ2n) is 5.12. The van der Waals surface area contributed by atoms with Crippen LogP contribution in [0.3, 0.4) is 0 Å². The number of rotatable bonds is 3. The van der Waals surface area contributed by atoms with Crippen molar-refractivity contribution in [3.8, 4) is 0 Å². The fourth-order valence-corrected chi connectivity index (χ4v) is 2.58. The van der Waals surface area contributed by atoms with Gasteiger partial charge in [-0.15, -0.1) is 0 Å². The third-order valence-electron chi connectivity index (χ3n) is 3.77. The summed E-state index contributed by atoms with van der Waals surface area (Å²) in [5, 5.41) is 8.75. The predicted molar refractivity (Wildman–Crippen MR) is 62.5 cm³/mol. The average molecular weight is 222 g/mol. The van der Waals surface area contributed by atoms with Gasteiger partial charge < -0.3 is 10.8 Å². The minimum atomic E-state index is -0.726. The zero-order valence-corrected chi connectivity index (χ0v) is 9.68. The standard InChI is InChI=1S/C12H18N2O2/c1-7-3-10(13)12(2,14-6-7)9-4-8(9)5-11(15)16/h3,6,8-10H,4-5,13H2,1-2H3,(H,15,16). The van der Waals surface area contributed by atoms with Crippen LogP contribution in [0.1, 0.15) is 26.7 Å². The lowest BCUT2D eigenvalue weighted by atomic mass is 9.84.